The molecule has 1 aliphatic heterocycles. The summed E-state index contributed by atoms with van der Waals surface area (Å²) >= 11 is 1.36. The van der Waals surface area contributed by atoms with E-state index in [1.165, 1.54) is 11.3 Å². The molecule has 3 rings (SSSR count). The fourth-order valence-electron chi connectivity index (χ4n) is 2.47. The predicted molar refractivity (Wildman–Crippen MR) is 85.9 cm³/mol. The summed E-state index contributed by atoms with van der Waals surface area (Å²) in [6.07, 6.45) is 0.861. The van der Waals surface area contributed by atoms with Crippen LogP contribution in [0.25, 0.3) is 0 Å². The lowest BCUT2D eigenvalue weighted by molar-refractivity contribution is 0.372. The molecule has 2 aromatic heterocycles. The molecule has 8 heteroatoms. The van der Waals surface area contributed by atoms with E-state index in [1.807, 2.05) is 26.0 Å². The maximum absolute atomic E-state index is 12.6. The molecule has 6 nitrogen and oxygen atoms in total. The van der Waals surface area contributed by atoms with Gasteiger partial charge in [0.1, 0.15) is 9.97 Å². The molecule has 0 aromatic carbocycles. The zero-order valence-corrected chi connectivity index (χ0v) is 14.3. The van der Waals surface area contributed by atoms with Crippen molar-refractivity contribution in [2.24, 2.45) is 0 Å². The minimum absolute atomic E-state index is 0.440. The lowest BCUT2D eigenvalue weighted by Gasteiger charge is -2.33. The van der Waals surface area contributed by atoms with Crippen LogP contribution in [0.3, 0.4) is 0 Å². The molecule has 1 aliphatic rings. The van der Waals surface area contributed by atoms with Crippen molar-refractivity contribution >= 4 is 27.2 Å². The topological polar surface area (TPSA) is 66.7 Å². The highest BCUT2D eigenvalue weighted by Crippen LogP contribution is 2.26. The van der Waals surface area contributed by atoms with Crippen molar-refractivity contribution in [2.45, 2.75) is 24.5 Å². The third kappa shape index (κ3) is 2.90. The van der Waals surface area contributed by atoms with Gasteiger partial charge in [-0.25, -0.2) is 8.42 Å². The van der Waals surface area contributed by atoms with Gasteiger partial charge >= 0.3 is 0 Å². The van der Waals surface area contributed by atoms with Crippen molar-refractivity contribution in [1.29, 1.82) is 0 Å². The van der Waals surface area contributed by atoms with E-state index in [0.29, 0.717) is 30.4 Å². The van der Waals surface area contributed by atoms with Crippen LogP contribution in [0.1, 0.15) is 17.6 Å². The summed E-state index contributed by atoms with van der Waals surface area (Å²) < 4.78 is 32.4. The number of sulfonamides is 1. The number of anilines is 1. The normalized spacial score (nSPS) is 17.1. The van der Waals surface area contributed by atoms with E-state index >= 15 is 0 Å². The van der Waals surface area contributed by atoms with Crippen LogP contribution in [0, 0.1) is 6.92 Å². The molecule has 0 saturated carbocycles. The summed E-state index contributed by atoms with van der Waals surface area (Å²) in [6.45, 7) is 6.05. The van der Waals surface area contributed by atoms with E-state index in [9.17, 15) is 8.42 Å². The summed E-state index contributed by atoms with van der Waals surface area (Å²) in [5.41, 5.74) is 0. The molecule has 0 N–H and O–H groups in total. The van der Waals surface area contributed by atoms with E-state index in [-0.39, 0.29) is 0 Å². The fourth-order valence-corrected chi connectivity index (χ4v) is 5.35. The fraction of sp³-hybridized carbons (Fsp3) is 0.500. The van der Waals surface area contributed by atoms with E-state index in [4.69, 9.17) is 4.52 Å². The molecular formula is C14H19N3O3S2. The summed E-state index contributed by atoms with van der Waals surface area (Å²) in [5, 5.41) is 3.98. The molecule has 0 bridgehead atoms. The van der Waals surface area contributed by atoms with Crippen LogP contribution in [0.5, 0.6) is 0 Å². The minimum Gasteiger partial charge on any atom is -0.360 e. The van der Waals surface area contributed by atoms with Crippen LogP contribution in [0.2, 0.25) is 0 Å². The Morgan fingerprint density at radius 2 is 2.00 bits per heavy atom. The number of aromatic nitrogens is 1. The quantitative estimate of drug-likeness (QED) is 0.852. The van der Waals surface area contributed by atoms with Crippen molar-refractivity contribution in [3.63, 3.8) is 0 Å². The monoisotopic (exact) mass is 341 g/mol. The average molecular weight is 341 g/mol. The van der Waals surface area contributed by atoms with Gasteiger partial charge < -0.3 is 9.42 Å². The second kappa shape index (κ2) is 6.02. The van der Waals surface area contributed by atoms with Crippen molar-refractivity contribution < 1.29 is 12.9 Å². The summed E-state index contributed by atoms with van der Waals surface area (Å²) in [4.78, 5) is 3.14. The van der Waals surface area contributed by atoms with E-state index in [2.05, 4.69) is 10.1 Å². The maximum atomic E-state index is 12.6. The molecule has 120 valence electrons. The van der Waals surface area contributed by atoms with Crippen molar-refractivity contribution in [2.75, 3.05) is 31.1 Å². The van der Waals surface area contributed by atoms with Crippen LogP contribution in [0.4, 0.5) is 5.82 Å². The largest absolute Gasteiger partial charge is 0.360 e. The van der Waals surface area contributed by atoms with Crippen LogP contribution in [-0.4, -0.2) is 44.1 Å². The first kappa shape index (κ1) is 15.5. The van der Waals surface area contributed by atoms with Crippen LogP contribution >= 0.6 is 11.3 Å². The number of thiophene rings is 1. The number of rotatable bonds is 4. The van der Waals surface area contributed by atoms with Gasteiger partial charge in [-0.3, -0.25) is 0 Å². The van der Waals surface area contributed by atoms with Crippen molar-refractivity contribution in [1.82, 2.24) is 9.46 Å². The number of hydrogen-bond acceptors (Lipinski definition) is 6. The average Bonchev–Trinajstić information content (AvgIpc) is 3.16. The van der Waals surface area contributed by atoms with E-state index in [1.54, 1.807) is 10.4 Å². The smallest absolute Gasteiger partial charge is 0.252 e. The first-order chi connectivity index (χ1) is 10.5. The highest BCUT2D eigenvalue weighted by atomic mass is 32.2. The Balaban J connectivity index is 1.70. The van der Waals surface area contributed by atoms with Crippen molar-refractivity contribution in [3.8, 4) is 0 Å². The Morgan fingerprint density at radius 3 is 2.55 bits per heavy atom. The molecule has 0 unspecified atom stereocenters. The second-order valence-corrected chi connectivity index (χ2v) is 8.59. The Kier molecular flexibility index (Phi) is 4.24. The molecule has 0 amide bonds. The SMILES string of the molecule is CCc1ccc(S(=O)(=O)N2CCN(c3cc(C)on3)CC2)s1. The van der Waals surface area contributed by atoms with Gasteiger partial charge in [-0.2, -0.15) is 4.31 Å². The second-order valence-electron chi connectivity index (χ2n) is 5.26. The molecular weight excluding hydrogens is 322 g/mol. The zero-order valence-electron chi connectivity index (χ0n) is 12.7. The molecule has 1 saturated heterocycles. The maximum Gasteiger partial charge on any atom is 0.252 e. The molecule has 2 aromatic rings. The number of nitrogens with zero attached hydrogens (tertiary/aromatic N) is 3. The first-order valence-electron chi connectivity index (χ1n) is 7.28. The molecule has 22 heavy (non-hydrogen) atoms. The Hall–Kier alpha value is -1.38. The molecule has 3 heterocycles. The Morgan fingerprint density at radius 1 is 1.27 bits per heavy atom. The molecule has 0 atom stereocenters. The van der Waals surface area contributed by atoms with Gasteiger partial charge in [0, 0.05) is 37.1 Å². The van der Waals surface area contributed by atoms with Crippen LogP contribution in [-0.2, 0) is 16.4 Å². The Bertz CT molecular complexity index is 743. The highest BCUT2D eigenvalue weighted by Gasteiger charge is 2.30. The lowest BCUT2D eigenvalue weighted by atomic mass is 10.3. The number of hydrogen-bond donors (Lipinski definition) is 0. The standard InChI is InChI=1S/C14H19N3O3S2/c1-3-12-4-5-14(21-12)22(18,19)17-8-6-16(7-9-17)13-10-11(2)20-15-13/h4-5,10H,3,6-9H2,1-2H3. The van der Waals surface area contributed by atoms with Gasteiger partial charge in [0.2, 0.25) is 0 Å². The van der Waals surface area contributed by atoms with Crippen molar-refractivity contribution in [3.05, 3.63) is 28.8 Å². The first-order valence-corrected chi connectivity index (χ1v) is 9.53. The van der Waals surface area contributed by atoms with E-state index in [0.717, 1.165) is 22.9 Å². The van der Waals surface area contributed by atoms with Gasteiger partial charge in [-0.05, 0) is 25.5 Å². The molecule has 0 radical (unpaired) electrons. The van der Waals surface area contributed by atoms with E-state index < -0.39 is 10.0 Å². The molecule has 0 aliphatic carbocycles. The van der Waals surface area contributed by atoms with Gasteiger partial charge in [0.05, 0.1) is 0 Å². The lowest BCUT2D eigenvalue weighted by Crippen LogP contribution is -2.48. The highest BCUT2D eigenvalue weighted by molar-refractivity contribution is 7.91. The van der Waals surface area contributed by atoms with Crippen LogP contribution < -0.4 is 4.90 Å². The van der Waals surface area contributed by atoms with Gasteiger partial charge in [0.25, 0.3) is 10.0 Å². The number of aryl methyl sites for hydroxylation is 2. The summed E-state index contributed by atoms with van der Waals surface area (Å²) in [6, 6.07) is 5.48. The predicted octanol–water partition coefficient (Wildman–Crippen LogP) is 2.12. The third-order valence-corrected chi connectivity index (χ3v) is 7.35. The number of piperazine rings is 1. The van der Waals surface area contributed by atoms with Gasteiger partial charge in [-0.15, -0.1) is 11.3 Å². The van der Waals surface area contributed by atoms with Gasteiger partial charge in [-0.1, -0.05) is 12.1 Å². The third-order valence-electron chi connectivity index (χ3n) is 3.76. The summed E-state index contributed by atoms with van der Waals surface area (Å²) in [7, 11) is -3.37. The summed E-state index contributed by atoms with van der Waals surface area (Å²) in [5.74, 6) is 1.54. The van der Waals surface area contributed by atoms with Gasteiger partial charge in [0.15, 0.2) is 5.82 Å². The minimum atomic E-state index is -3.37. The zero-order chi connectivity index (χ0) is 15.7. The Labute approximate surface area is 134 Å². The molecule has 0 spiro atoms. The molecule has 1 fully saturated rings. The van der Waals surface area contributed by atoms with Crippen LogP contribution in [0.15, 0.2) is 26.9 Å².